The number of nitrogens with zero attached hydrogens (tertiary/aromatic N) is 3. The minimum absolute atomic E-state index is 0.363. The van der Waals surface area contributed by atoms with E-state index in [2.05, 4.69) is 20.7 Å². The van der Waals surface area contributed by atoms with E-state index in [1.807, 2.05) is 42.5 Å². The fourth-order valence-corrected chi connectivity index (χ4v) is 1.70. The van der Waals surface area contributed by atoms with Crippen LogP contribution in [0.2, 0.25) is 0 Å². The zero-order valence-electron chi connectivity index (χ0n) is 12.5. The van der Waals surface area contributed by atoms with E-state index in [1.54, 1.807) is 19.1 Å². The molecule has 0 saturated carbocycles. The predicted octanol–water partition coefficient (Wildman–Crippen LogP) is 2.71. The molecule has 6 heteroatoms. The molecule has 2 N–H and O–H groups in total. The van der Waals surface area contributed by atoms with Crippen molar-refractivity contribution in [2.75, 3.05) is 0 Å². The number of oxime groups is 1. The van der Waals surface area contributed by atoms with Crippen molar-refractivity contribution >= 4 is 23.9 Å². The summed E-state index contributed by atoms with van der Waals surface area (Å²) in [6, 6.07) is 12.9. The fourth-order valence-electron chi connectivity index (χ4n) is 1.70. The second-order valence-electron chi connectivity index (χ2n) is 4.65. The number of carbonyl (C=O) groups excluding carboxylic acids is 1. The van der Waals surface area contributed by atoms with Crippen LogP contribution in [0.25, 0.3) is 6.08 Å². The maximum absolute atomic E-state index is 11.9. The summed E-state index contributed by atoms with van der Waals surface area (Å²) in [6.07, 6.45) is 6.29. The Labute approximate surface area is 133 Å². The molecule has 1 heterocycles. The summed E-state index contributed by atoms with van der Waals surface area (Å²) in [5, 5.41) is 15.3. The topological polar surface area (TPSA) is 86.9 Å². The molecule has 0 atom stereocenters. The molecule has 1 aromatic carbocycles. The van der Waals surface area contributed by atoms with Crippen molar-refractivity contribution in [2.45, 2.75) is 6.92 Å². The number of allylic oxidation sites excluding steroid dienone is 1. The number of rotatable bonds is 5. The first kappa shape index (κ1) is 16.1. The lowest BCUT2D eigenvalue weighted by Crippen LogP contribution is -2.19. The maximum atomic E-state index is 11.9. The van der Waals surface area contributed by atoms with Crippen LogP contribution in [0.1, 0.15) is 28.5 Å². The van der Waals surface area contributed by atoms with Crippen LogP contribution >= 0.6 is 0 Å². The number of benzene rings is 1. The Bertz CT molecular complexity index is 735. The highest BCUT2D eigenvalue weighted by Crippen LogP contribution is 2.01. The molecule has 116 valence electrons. The average molecular weight is 308 g/mol. The van der Waals surface area contributed by atoms with Crippen molar-refractivity contribution in [3.05, 3.63) is 71.6 Å². The van der Waals surface area contributed by atoms with Crippen LogP contribution in [-0.2, 0) is 0 Å². The number of aromatic nitrogens is 1. The molecule has 0 bridgehead atoms. The molecule has 0 unspecified atom stereocenters. The first-order valence-electron chi connectivity index (χ1n) is 6.90. The molecular formula is C17H16N4O2. The molecule has 6 nitrogen and oxygen atoms in total. The van der Waals surface area contributed by atoms with Crippen LogP contribution in [0.3, 0.4) is 0 Å². The number of hydrazone groups is 1. The summed E-state index contributed by atoms with van der Waals surface area (Å²) in [4.78, 5) is 15.9. The van der Waals surface area contributed by atoms with Gasteiger partial charge in [-0.25, -0.2) is 5.43 Å². The van der Waals surface area contributed by atoms with Crippen LogP contribution < -0.4 is 5.43 Å². The minimum Gasteiger partial charge on any atom is -0.411 e. The number of hydrogen-bond donors (Lipinski definition) is 2. The van der Waals surface area contributed by atoms with Crippen molar-refractivity contribution in [1.29, 1.82) is 0 Å². The average Bonchev–Trinajstić information content (AvgIpc) is 2.59. The molecule has 0 aliphatic carbocycles. The zero-order chi connectivity index (χ0) is 16.5. The van der Waals surface area contributed by atoms with Gasteiger partial charge in [0, 0.05) is 6.20 Å². The SMILES string of the molecule is CC(/C=C/c1ccccc1)=N/NC(=O)c1ccc(/C=N/O)nc1. The number of nitrogens with one attached hydrogen (secondary N) is 1. The van der Waals surface area contributed by atoms with Gasteiger partial charge in [-0.3, -0.25) is 9.78 Å². The Hall–Kier alpha value is -3.28. The van der Waals surface area contributed by atoms with Gasteiger partial charge in [0.25, 0.3) is 5.91 Å². The summed E-state index contributed by atoms with van der Waals surface area (Å²) in [7, 11) is 0. The molecule has 2 rings (SSSR count). The van der Waals surface area contributed by atoms with Gasteiger partial charge in [0.2, 0.25) is 0 Å². The third kappa shape index (κ3) is 5.20. The van der Waals surface area contributed by atoms with Crippen molar-refractivity contribution in [1.82, 2.24) is 10.4 Å². The first-order chi connectivity index (χ1) is 11.2. The zero-order valence-corrected chi connectivity index (χ0v) is 12.5. The molecule has 0 aliphatic heterocycles. The Balaban J connectivity index is 1.95. The van der Waals surface area contributed by atoms with Crippen molar-refractivity contribution in [3.8, 4) is 0 Å². The number of hydrogen-bond acceptors (Lipinski definition) is 5. The van der Waals surface area contributed by atoms with Crippen molar-refractivity contribution in [3.63, 3.8) is 0 Å². The molecule has 0 aliphatic rings. The minimum atomic E-state index is -0.363. The molecule has 1 amide bonds. The van der Waals surface area contributed by atoms with E-state index in [0.29, 0.717) is 17.0 Å². The lowest BCUT2D eigenvalue weighted by Gasteiger charge is -2.00. The number of amides is 1. The van der Waals surface area contributed by atoms with E-state index < -0.39 is 0 Å². The summed E-state index contributed by atoms with van der Waals surface area (Å²) >= 11 is 0. The second-order valence-corrected chi connectivity index (χ2v) is 4.65. The van der Waals surface area contributed by atoms with E-state index >= 15 is 0 Å². The normalized spacial score (nSPS) is 12.0. The van der Waals surface area contributed by atoms with E-state index in [0.717, 1.165) is 5.56 Å². The monoisotopic (exact) mass is 308 g/mol. The predicted molar refractivity (Wildman–Crippen MR) is 89.7 cm³/mol. The maximum Gasteiger partial charge on any atom is 0.272 e. The Morgan fingerprint density at radius 3 is 2.65 bits per heavy atom. The van der Waals surface area contributed by atoms with Crippen LogP contribution in [-0.4, -0.2) is 28.0 Å². The molecule has 23 heavy (non-hydrogen) atoms. The van der Waals surface area contributed by atoms with E-state index in [-0.39, 0.29) is 5.91 Å². The Morgan fingerprint density at radius 2 is 2.00 bits per heavy atom. The molecular weight excluding hydrogens is 292 g/mol. The highest BCUT2D eigenvalue weighted by molar-refractivity contribution is 5.99. The van der Waals surface area contributed by atoms with E-state index in [9.17, 15) is 4.79 Å². The first-order valence-corrected chi connectivity index (χ1v) is 6.90. The van der Waals surface area contributed by atoms with Gasteiger partial charge in [-0.2, -0.15) is 5.10 Å². The van der Waals surface area contributed by atoms with Crippen LogP contribution in [0.5, 0.6) is 0 Å². The third-order valence-electron chi connectivity index (χ3n) is 2.89. The van der Waals surface area contributed by atoms with Gasteiger partial charge in [0.15, 0.2) is 0 Å². The molecule has 2 aromatic rings. The van der Waals surface area contributed by atoms with Gasteiger partial charge >= 0.3 is 0 Å². The Morgan fingerprint density at radius 1 is 1.22 bits per heavy atom. The summed E-state index contributed by atoms with van der Waals surface area (Å²) < 4.78 is 0. The van der Waals surface area contributed by atoms with Crippen LogP contribution in [0.15, 0.2) is 65.0 Å². The molecule has 0 spiro atoms. The van der Waals surface area contributed by atoms with Gasteiger partial charge < -0.3 is 5.21 Å². The summed E-state index contributed by atoms with van der Waals surface area (Å²) in [5.41, 5.74) is 5.00. The highest BCUT2D eigenvalue weighted by Gasteiger charge is 2.04. The highest BCUT2D eigenvalue weighted by atomic mass is 16.4. The van der Waals surface area contributed by atoms with E-state index in [4.69, 9.17) is 5.21 Å². The van der Waals surface area contributed by atoms with Crippen LogP contribution in [0, 0.1) is 0 Å². The fraction of sp³-hybridized carbons (Fsp3) is 0.0588. The number of pyridine rings is 1. The second kappa shape index (κ2) is 8.23. The Kier molecular flexibility index (Phi) is 5.76. The van der Waals surface area contributed by atoms with Gasteiger partial charge in [-0.15, -0.1) is 0 Å². The molecule has 1 aromatic heterocycles. The van der Waals surface area contributed by atoms with E-state index in [1.165, 1.54) is 12.4 Å². The lowest BCUT2D eigenvalue weighted by atomic mass is 10.2. The summed E-state index contributed by atoms with van der Waals surface area (Å²) in [6.45, 7) is 1.79. The molecule has 0 fully saturated rings. The van der Waals surface area contributed by atoms with Gasteiger partial charge in [0.05, 0.1) is 23.2 Å². The van der Waals surface area contributed by atoms with Gasteiger partial charge in [-0.1, -0.05) is 41.6 Å². The number of carbonyl (C=O) groups is 1. The lowest BCUT2D eigenvalue weighted by molar-refractivity contribution is 0.0954. The van der Waals surface area contributed by atoms with Gasteiger partial charge in [0.1, 0.15) is 0 Å². The smallest absolute Gasteiger partial charge is 0.272 e. The standard InChI is InChI=1S/C17H16N4O2/c1-13(7-8-14-5-3-2-4-6-14)20-21-17(22)15-9-10-16(12-19-23)18-11-15/h2-12,23H,1H3,(H,21,22)/b8-7+,19-12+,20-13-. The molecule has 0 saturated heterocycles. The third-order valence-corrected chi connectivity index (χ3v) is 2.89. The van der Waals surface area contributed by atoms with Gasteiger partial charge in [-0.05, 0) is 30.7 Å². The van der Waals surface area contributed by atoms with Crippen LogP contribution in [0.4, 0.5) is 0 Å². The largest absolute Gasteiger partial charge is 0.411 e. The quantitative estimate of drug-likeness (QED) is 0.506. The molecule has 0 radical (unpaired) electrons. The van der Waals surface area contributed by atoms with Crippen molar-refractivity contribution in [2.24, 2.45) is 10.3 Å². The summed E-state index contributed by atoms with van der Waals surface area (Å²) in [5.74, 6) is -0.363. The van der Waals surface area contributed by atoms with Crippen molar-refractivity contribution < 1.29 is 10.0 Å².